The number of fused-ring (bicyclic) bond motifs is 3. The van der Waals surface area contributed by atoms with Crippen molar-refractivity contribution in [3.8, 4) is 17.1 Å². The highest BCUT2D eigenvalue weighted by molar-refractivity contribution is 7.25. The second-order valence-corrected chi connectivity index (χ2v) is 9.85. The molecule has 1 aliphatic rings. The first-order chi connectivity index (χ1) is 16.3. The van der Waals surface area contributed by atoms with Gasteiger partial charge in [0.25, 0.3) is 5.56 Å². The molecule has 1 aliphatic carbocycles. The third-order valence-corrected chi connectivity index (χ3v) is 7.44. The topological polar surface area (TPSA) is 81.1 Å². The summed E-state index contributed by atoms with van der Waals surface area (Å²) in [5.41, 5.74) is 1.22. The second-order valence-electron chi connectivity index (χ2n) is 8.44. The number of halogens is 3. The number of phenolic OH excluding ortho intramolecular Hbond substituents is 1. The summed E-state index contributed by atoms with van der Waals surface area (Å²) in [5, 5.41) is 15.3. The molecular formula is C24H16ClF2N3O3S. The standard InChI is InChI=1S/C24H16ClF2N3O3S/c1-10-6-12(33-29-10)9-30-22(15-8-18(27)17(26)7-14(15)11-2-3-11)28-23-19(24(30)32)13-4-5-16(25)20(31)21(13)34-23/h4-8,11,31H,2-3,9H2,1H3. The fourth-order valence-corrected chi connectivity index (χ4v) is 5.60. The van der Waals surface area contributed by atoms with Crippen LogP contribution in [0, 0.1) is 18.6 Å². The molecule has 1 fully saturated rings. The van der Waals surface area contributed by atoms with Crippen LogP contribution in [0.1, 0.15) is 35.8 Å². The molecule has 0 radical (unpaired) electrons. The lowest BCUT2D eigenvalue weighted by atomic mass is 10.0. The van der Waals surface area contributed by atoms with Gasteiger partial charge >= 0.3 is 0 Å². The van der Waals surface area contributed by atoms with Crippen molar-refractivity contribution < 1.29 is 18.4 Å². The molecule has 5 aromatic rings. The van der Waals surface area contributed by atoms with Crippen molar-refractivity contribution >= 4 is 43.2 Å². The van der Waals surface area contributed by atoms with Gasteiger partial charge in [0.05, 0.1) is 27.3 Å². The van der Waals surface area contributed by atoms with E-state index >= 15 is 0 Å². The number of aryl methyl sites for hydroxylation is 1. The molecule has 0 unspecified atom stereocenters. The maximum absolute atomic E-state index is 14.4. The minimum atomic E-state index is -1.02. The minimum absolute atomic E-state index is 0.00202. The van der Waals surface area contributed by atoms with Gasteiger partial charge in [0, 0.05) is 17.0 Å². The third kappa shape index (κ3) is 3.30. The quantitative estimate of drug-likeness (QED) is 0.321. The highest BCUT2D eigenvalue weighted by Crippen LogP contribution is 2.46. The van der Waals surface area contributed by atoms with Crippen LogP contribution in [0.2, 0.25) is 5.02 Å². The number of aromatic nitrogens is 3. The van der Waals surface area contributed by atoms with Crippen LogP contribution in [-0.4, -0.2) is 19.8 Å². The van der Waals surface area contributed by atoms with Gasteiger partial charge in [-0.05, 0) is 49.4 Å². The van der Waals surface area contributed by atoms with Gasteiger partial charge in [0.1, 0.15) is 10.7 Å². The summed E-state index contributed by atoms with van der Waals surface area (Å²) in [6.07, 6.45) is 1.70. The molecule has 1 saturated carbocycles. The average Bonchev–Trinajstić information content (AvgIpc) is 3.46. The van der Waals surface area contributed by atoms with Crippen molar-refractivity contribution in [2.24, 2.45) is 0 Å². The smallest absolute Gasteiger partial charge is 0.263 e. The van der Waals surface area contributed by atoms with Gasteiger partial charge in [0.15, 0.2) is 23.1 Å². The van der Waals surface area contributed by atoms with E-state index < -0.39 is 17.2 Å². The number of nitrogens with zero attached hydrogens (tertiary/aromatic N) is 3. The molecule has 0 spiro atoms. The van der Waals surface area contributed by atoms with Crippen molar-refractivity contribution in [2.75, 3.05) is 0 Å². The van der Waals surface area contributed by atoms with Crippen molar-refractivity contribution in [1.82, 2.24) is 14.7 Å². The first-order valence-electron chi connectivity index (χ1n) is 10.6. The van der Waals surface area contributed by atoms with Crippen LogP contribution in [0.25, 0.3) is 31.7 Å². The first-order valence-corrected chi connectivity index (χ1v) is 11.8. The van der Waals surface area contributed by atoms with Crippen molar-refractivity contribution in [3.63, 3.8) is 0 Å². The number of rotatable bonds is 4. The molecular weight excluding hydrogens is 484 g/mol. The lowest BCUT2D eigenvalue weighted by molar-refractivity contribution is 0.372. The highest BCUT2D eigenvalue weighted by atomic mass is 35.5. The molecule has 0 amide bonds. The largest absolute Gasteiger partial charge is 0.505 e. The SMILES string of the molecule is Cc1cc(Cn2c(-c3cc(F)c(F)cc3C3CC3)nc3sc4c(O)c(Cl)ccc4c3c2=O)on1. The molecule has 6 nitrogen and oxygen atoms in total. The van der Waals surface area contributed by atoms with Gasteiger partial charge in [-0.25, -0.2) is 13.8 Å². The zero-order valence-electron chi connectivity index (χ0n) is 17.7. The van der Waals surface area contributed by atoms with E-state index in [1.54, 1.807) is 19.1 Å². The van der Waals surface area contributed by atoms with E-state index in [0.717, 1.165) is 30.2 Å². The predicted molar refractivity (Wildman–Crippen MR) is 126 cm³/mol. The van der Waals surface area contributed by atoms with Crippen LogP contribution in [0.3, 0.4) is 0 Å². The number of thiophene rings is 1. The highest BCUT2D eigenvalue weighted by Gasteiger charge is 2.30. The molecule has 34 heavy (non-hydrogen) atoms. The summed E-state index contributed by atoms with van der Waals surface area (Å²) in [6.45, 7) is 1.76. The third-order valence-electron chi connectivity index (χ3n) is 6.03. The lowest BCUT2D eigenvalue weighted by Crippen LogP contribution is -2.24. The van der Waals surface area contributed by atoms with E-state index in [1.807, 2.05) is 0 Å². The maximum Gasteiger partial charge on any atom is 0.263 e. The maximum atomic E-state index is 14.4. The van der Waals surface area contributed by atoms with E-state index in [2.05, 4.69) is 5.16 Å². The number of hydrogen-bond donors (Lipinski definition) is 1. The van der Waals surface area contributed by atoms with Crippen LogP contribution in [0.5, 0.6) is 5.75 Å². The van der Waals surface area contributed by atoms with Crippen molar-refractivity contribution in [2.45, 2.75) is 32.2 Å². The molecule has 6 rings (SSSR count). The summed E-state index contributed by atoms with van der Waals surface area (Å²) in [4.78, 5) is 18.9. The molecule has 0 saturated heterocycles. The molecule has 2 aromatic carbocycles. The van der Waals surface area contributed by atoms with E-state index in [9.17, 15) is 18.7 Å². The van der Waals surface area contributed by atoms with Crippen molar-refractivity contribution in [3.05, 3.63) is 74.4 Å². The van der Waals surface area contributed by atoms with Crippen LogP contribution >= 0.6 is 22.9 Å². The molecule has 10 heteroatoms. The Morgan fingerprint density at radius 3 is 2.71 bits per heavy atom. The van der Waals surface area contributed by atoms with Gasteiger partial charge < -0.3 is 9.63 Å². The number of aromatic hydroxyl groups is 1. The second kappa shape index (κ2) is 7.61. The Morgan fingerprint density at radius 1 is 1.24 bits per heavy atom. The Balaban J connectivity index is 1.70. The Hall–Kier alpha value is -3.30. The summed E-state index contributed by atoms with van der Waals surface area (Å²) >= 11 is 7.19. The van der Waals surface area contributed by atoms with E-state index in [4.69, 9.17) is 21.1 Å². The Bertz CT molecular complexity index is 1690. The summed E-state index contributed by atoms with van der Waals surface area (Å²) in [5.74, 6) is -1.40. The summed E-state index contributed by atoms with van der Waals surface area (Å²) < 4.78 is 35.7. The van der Waals surface area contributed by atoms with Crippen LogP contribution < -0.4 is 5.56 Å². The van der Waals surface area contributed by atoms with E-state index in [-0.39, 0.29) is 29.1 Å². The molecule has 3 heterocycles. The normalized spacial score (nSPS) is 13.9. The van der Waals surface area contributed by atoms with E-state index in [0.29, 0.717) is 42.9 Å². The number of benzene rings is 2. The van der Waals surface area contributed by atoms with E-state index in [1.165, 1.54) is 16.7 Å². The molecule has 1 N–H and O–H groups in total. The fourth-order valence-electron chi connectivity index (χ4n) is 4.27. The first kappa shape index (κ1) is 21.2. The Labute approximate surface area is 200 Å². The molecule has 0 bridgehead atoms. The minimum Gasteiger partial charge on any atom is -0.505 e. The zero-order chi connectivity index (χ0) is 23.7. The Morgan fingerprint density at radius 2 is 2.00 bits per heavy atom. The molecule has 3 aromatic heterocycles. The van der Waals surface area contributed by atoms with Gasteiger partial charge in [0.2, 0.25) is 0 Å². The average molecular weight is 500 g/mol. The summed E-state index contributed by atoms with van der Waals surface area (Å²) in [7, 11) is 0. The summed E-state index contributed by atoms with van der Waals surface area (Å²) in [6, 6.07) is 7.17. The molecule has 0 atom stereocenters. The monoisotopic (exact) mass is 499 g/mol. The zero-order valence-corrected chi connectivity index (χ0v) is 19.3. The van der Waals surface area contributed by atoms with Crippen LogP contribution in [-0.2, 0) is 6.54 Å². The Kier molecular flexibility index (Phi) is 4.76. The molecule has 0 aliphatic heterocycles. The molecule has 172 valence electrons. The predicted octanol–water partition coefficient (Wildman–Crippen LogP) is 6.14. The van der Waals surface area contributed by atoms with Crippen LogP contribution in [0.15, 0.2) is 39.6 Å². The van der Waals surface area contributed by atoms with Crippen molar-refractivity contribution in [1.29, 1.82) is 0 Å². The van der Waals surface area contributed by atoms with Gasteiger partial charge in [-0.1, -0.05) is 22.8 Å². The van der Waals surface area contributed by atoms with Gasteiger partial charge in [-0.15, -0.1) is 11.3 Å². The number of hydrogen-bond acceptors (Lipinski definition) is 6. The van der Waals surface area contributed by atoms with Crippen LogP contribution in [0.4, 0.5) is 8.78 Å². The fraction of sp³-hybridized carbons (Fsp3) is 0.208. The lowest BCUT2D eigenvalue weighted by Gasteiger charge is -2.15. The van der Waals surface area contributed by atoms with Gasteiger partial charge in [-0.2, -0.15) is 0 Å². The van der Waals surface area contributed by atoms with Gasteiger partial charge in [-0.3, -0.25) is 9.36 Å². The number of phenols is 1.